The van der Waals surface area contributed by atoms with Crippen molar-refractivity contribution in [2.24, 2.45) is 0 Å². The molecule has 130 valence electrons. The summed E-state index contributed by atoms with van der Waals surface area (Å²) >= 11 is 0. The number of nitrogens with one attached hydrogen (secondary N) is 1. The van der Waals surface area contributed by atoms with Crippen molar-refractivity contribution < 1.29 is 9.59 Å². The standard InChI is InChI=1S/C20H23N3O2/c1-6-22-19(24)17(21-20(22)25)11-16-10-14(4)23(15(16)5)18-8-7-12(2)9-13(18)3/h7-11H,6H2,1-5H3,(H,21,25)/b17-11+. The van der Waals surface area contributed by atoms with Gasteiger partial charge in [0, 0.05) is 23.6 Å². The predicted molar refractivity (Wildman–Crippen MR) is 98.6 cm³/mol. The molecule has 3 rings (SSSR count). The second-order valence-corrected chi connectivity index (χ2v) is 6.49. The molecule has 0 atom stereocenters. The van der Waals surface area contributed by atoms with E-state index in [2.05, 4.69) is 41.9 Å². The molecule has 1 aromatic heterocycles. The van der Waals surface area contributed by atoms with Gasteiger partial charge >= 0.3 is 6.03 Å². The summed E-state index contributed by atoms with van der Waals surface area (Å²) < 4.78 is 2.18. The van der Waals surface area contributed by atoms with Gasteiger partial charge in [-0.25, -0.2) is 4.79 Å². The highest BCUT2D eigenvalue weighted by molar-refractivity contribution is 6.14. The Morgan fingerprint density at radius 1 is 1.08 bits per heavy atom. The van der Waals surface area contributed by atoms with Crippen LogP contribution < -0.4 is 5.32 Å². The van der Waals surface area contributed by atoms with E-state index in [9.17, 15) is 9.59 Å². The number of amides is 3. The lowest BCUT2D eigenvalue weighted by atomic mass is 10.1. The van der Waals surface area contributed by atoms with Crippen LogP contribution in [0, 0.1) is 27.7 Å². The second-order valence-electron chi connectivity index (χ2n) is 6.49. The molecule has 2 aromatic rings. The largest absolute Gasteiger partial charge is 0.328 e. The molecule has 1 fully saturated rings. The Hall–Kier alpha value is -2.82. The summed E-state index contributed by atoms with van der Waals surface area (Å²) in [6.07, 6.45) is 1.76. The zero-order valence-electron chi connectivity index (χ0n) is 15.3. The summed E-state index contributed by atoms with van der Waals surface area (Å²) in [6.45, 7) is 10.4. The lowest BCUT2D eigenvalue weighted by Crippen LogP contribution is -2.30. The Morgan fingerprint density at radius 2 is 1.80 bits per heavy atom. The number of imide groups is 1. The first kappa shape index (κ1) is 17.0. The van der Waals surface area contributed by atoms with E-state index in [1.54, 1.807) is 13.0 Å². The minimum Gasteiger partial charge on any atom is -0.318 e. The topological polar surface area (TPSA) is 54.3 Å². The van der Waals surface area contributed by atoms with E-state index in [1.165, 1.54) is 16.0 Å². The molecule has 0 bridgehead atoms. The fraction of sp³-hybridized carbons (Fsp3) is 0.300. The molecule has 1 saturated heterocycles. The van der Waals surface area contributed by atoms with Crippen LogP contribution in [0.3, 0.4) is 0 Å². The maximum atomic E-state index is 12.3. The molecule has 25 heavy (non-hydrogen) atoms. The van der Waals surface area contributed by atoms with Gasteiger partial charge in [0.1, 0.15) is 5.70 Å². The quantitative estimate of drug-likeness (QED) is 0.687. The van der Waals surface area contributed by atoms with Gasteiger partial charge in [-0.1, -0.05) is 17.7 Å². The molecule has 2 heterocycles. The van der Waals surface area contributed by atoms with Crippen molar-refractivity contribution in [3.05, 3.63) is 58.0 Å². The van der Waals surface area contributed by atoms with Crippen LogP contribution in [0.25, 0.3) is 11.8 Å². The molecular formula is C20H23N3O2. The Balaban J connectivity index is 2.05. The summed E-state index contributed by atoms with van der Waals surface area (Å²) in [4.78, 5) is 25.3. The van der Waals surface area contributed by atoms with Gasteiger partial charge in [-0.15, -0.1) is 0 Å². The average Bonchev–Trinajstić information content (AvgIpc) is 2.97. The summed E-state index contributed by atoms with van der Waals surface area (Å²) in [5.41, 5.74) is 6.93. The van der Waals surface area contributed by atoms with Crippen molar-refractivity contribution in [3.8, 4) is 5.69 Å². The van der Waals surface area contributed by atoms with Gasteiger partial charge in [-0.3, -0.25) is 9.69 Å². The molecule has 0 spiro atoms. The van der Waals surface area contributed by atoms with Crippen LogP contribution in [0.15, 0.2) is 30.0 Å². The van der Waals surface area contributed by atoms with Crippen LogP contribution in [0.1, 0.15) is 35.0 Å². The third-order valence-corrected chi connectivity index (χ3v) is 4.64. The number of rotatable bonds is 3. The molecular weight excluding hydrogens is 314 g/mol. The Morgan fingerprint density at radius 3 is 2.40 bits per heavy atom. The van der Waals surface area contributed by atoms with E-state index < -0.39 is 0 Å². The Bertz CT molecular complexity index is 906. The number of hydrogen-bond donors (Lipinski definition) is 1. The predicted octanol–water partition coefficient (Wildman–Crippen LogP) is 3.62. The van der Waals surface area contributed by atoms with Crippen molar-refractivity contribution in [3.63, 3.8) is 0 Å². The van der Waals surface area contributed by atoms with Gasteiger partial charge in [-0.05, 0) is 64.0 Å². The highest BCUT2D eigenvalue weighted by atomic mass is 16.2. The van der Waals surface area contributed by atoms with Crippen LogP contribution >= 0.6 is 0 Å². The van der Waals surface area contributed by atoms with Crippen molar-refractivity contribution in [2.75, 3.05) is 6.54 Å². The number of urea groups is 1. The van der Waals surface area contributed by atoms with Crippen LogP contribution in [0.5, 0.6) is 0 Å². The van der Waals surface area contributed by atoms with Gasteiger partial charge in [0.2, 0.25) is 0 Å². The minimum atomic E-state index is -0.359. The van der Waals surface area contributed by atoms with Crippen molar-refractivity contribution in [2.45, 2.75) is 34.6 Å². The monoisotopic (exact) mass is 337 g/mol. The van der Waals surface area contributed by atoms with Crippen LogP contribution in [0.2, 0.25) is 0 Å². The van der Waals surface area contributed by atoms with Crippen LogP contribution in [0.4, 0.5) is 4.79 Å². The first-order valence-corrected chi connectivity index (χ1v) is 8.44. The zero-order valence-corrected chi connectivity index (χ0v) is 15.3. The fourth-order valence-electron chi connectivity index (χ4n) is 3.38. The first-order valence-electron chi connectivity index (χ1n) is 8.44. The van der Waals surface area contributed by atoms with Crippen molar-refractivity contribution in [1.82, 2.24) is 14.8 Å². The zero-order chi connectivity index (χ0) is 18.3. The van der Waals surface area contributed by atoms with Crippen LogP contribution in [-0.2, 0) is 4.79 Å². The van der Waals surface area contributed by atoms with Gasteiger partial charge in [-0.2, -0.15) is 0 Å². The number of aromatic nitrogens is 1. The van der Waals surface area contributed by atoms with E-state index in [0.717, 1.165) is 22.6 Å². The number of aryl methyl sites for hydroxylation is 3. The third kappa shape index (κ3) is 2.86. The number of hydrogen-bond acceptors (Lipinski definition) is 2. The van der Waals surface area contributed by atoms with E-state index in [0.29, 0.717) is 12.2 Å². The highest BCUT2D eigenvalue weighted by Gasteiger charge is 2.32. The fourth-order valence-corrected chi connectivity index (χ4v) is 3.38. The normalized spacial score (nSPS) is 16.0. The van der Waals surface area contributed by atoms with E-state index in [4.69, 9.17) is 0 Å². The van der Waals surface area contributed by atoms with Gasteiger partial charge < -0.3 is 9.88 Å². The molecule has 0 saturated carbocycles. The number of carbonyl (C=O) groups is 2. The molecule has 0 aliphatic carbocycles. The van der Waals surface area contributed by atoms with E-state index in [-0.39, 0.29) is 11.9 Å². The van der Waals surface area contributed by atoms with Crippen LogP contribution in [-0.4, -0.2) is 28.0 Å². The Kier molecular flexibility index (Phi) is 4.25. The second kappa shape index (κ2) is 6.24. The van der Waals surface area contributed by atoms with Gasteiger partial charge in [0.15, 0.2) is 0 Å². The number of likely N-dealkylation sites (N-methyl/N-ethyl adjacent to an activating group) is 1. The van der Waals surface area contributed by atoms with Gasteiger partial charge in [0.05, 0.1) is 0 Å². The molecule has 1 aliphatic heterocycles. The van der Waals surface area contributed by atoms with Gasteiger partial charge in [0.25, 0.3) is 5.91 Å². The molecule has 0 radical (unpaired) electrons. The van der Waals surface area contributed by atoms with E-state index in [1.807, 2.05) is 19.9 Å². The summed E-state index contributed by atoms with van der Waals surface area (Å²) in [5.74, 6) is -0.274. The number of nitrogens with zero attached hydrogens (tertiary/aromatic N) is 2. The maximum Gasteiger partial charge on any atom is 0.328 e. The summed E-state index contributed by atoms with van der Waals surface area (Å²) in [6, 6.07) is 8.05. The Labute approximate surface area is 147 Å². The van der Waals surface area contributed by atoms with Crippen molar-refractivity contribution >= 4 is 18.0 Å². The lowest BCUT2D eigenvalue weighted by Gasteiger charge is -2.13. The SMILES string of the molecule is CCN1C(=O)N/C(=C/c2cc(C)n(-c3ccc(C)cc3C)c2C)C1=O. The smallest absolute Gasteiger partial charge is 0.318 e. The molecule has 5 heteroatoms. The maximum absolute atomic E-state index is 12.3. The molecule has 5 nitrogen and oxygen atoms in total. The molecule has 1 aliphatic rings. The minimum absolute atomic E-state index is 0.274. The van der Waals surface area contributed by atoms with Crippen molar-refractivity contribution in [1.29, 1.82) is 0 Å². The number of carbonyl (C=O) groups excluding carboxylic acids is 2. The first-order chi connectivity index (χ1) is 11.8. The summed E-state index contributed by atoms with van der Waals surface area (Å²) in [5, 5.41) is 2.66. The highest BCUT2D eigenvalue weighted by Crippen LogP contribution is 2.26. The molecule has 3 amide bonds. The molecule has 1 N–H and O–H groups in total. The lowest BCUT2D eigenvalue weighted by molar-refractivity contribution is -0.122. The number of benzene rings is 1. The third-order valence-electron chi connectivity index (χ3n) is 4.64. The average molecular weight is 337 g/mol. The van der Waals surface area contributed by atoms with E-state index >= 15 is 0 Å². The molecule has 0 unspecified atom stereocenters. The summed E-state index contributed by atoms with van der Waals surface area (Å²) in [7, 11) is 0. The molecule has 1 aromatic carbocycles.